The number of carbonyl (C=O) groups excluding carboxylic acids is 4. The van der Waals surface area contributed by atoms with Crippen molar-refractivity contribution in [3.8, 4) is 11.5 Å². The summed E-state index contributed by atoms with van der Waals surface area (Å²) in [6, 6.07) is 15.0. The molecule has 0 fully saturated rings. The highest BCUT2D eigenvalue weighted by molar-refractivity contribution is 6.21. The van der Waals surface area contributed by atoms with E-state index in [2.05, 4.69) is 5.32 Å². The molecule has 0 bridgehead atoms. The van der Waals surface area contributed by atoms with Crippen molar-refractivity contribution in [1.29, 1.82) is 0 Å². The van der Waals surface area contributed by atoms with E-state index in [-0.39, 0.29) is 30.0 Å². The van der Waals surface area contributed by atoms with Crippen molar-refractivity contribution in [3.63, 3.8) is 0 Å². The Morgan fingerprint density at radius 2 is 1.70 bits per heavy atom. The number of hydrogen-bond acceptors (Lipinski definition) is 7. The van der Waals surface area contributed by atoms with E-state index in [4.69, 9.17) is 14.2 Å². The molecule has 0 radical (unpaired) electrons. The van der Waals surface area contributed by atoms with Gasteiger partial charge in [0.15, 0.2) is 17.6 Å². The van der Waals surface area contributed by atoms with Crippen LogP contribution in [0.1, 0.15) is 54.7 Å². The fourth-order valence-corrected chi connectivity index (χ4v) is 4.25. The molecule has 0 aliphatic carbocycles. The summed E-state index contributed by atoms with van der Waals surface area (Å²) < 4.78 is 16.0. The first-order chi connectivity index (χ1) is 17.7. The number of amides is 3. The SMILES string of the molecule is Cc1ccc(NC(=O)C(C)OC(=O)c2ccc3c(c2)C(=O)N(Cc2ccc4c(c2)OCO4)C3=O)c(C)c1. The van der Waals surface area contributed by atoms with E-state index < -0.39 is 29.8 Å². The van der Waals surface area contributed by atoms with Gasteiger partial charge in [-0.3, -0.25) is 19.3 Å². The lowest BCUT2D eigenvalue weighted by Crippen LogP contribution is -2.30. The van der Waals surface area contributed by atoms with Crippen LogP contribution in [0.15, 0.2) is 54.6 Å². The smallest absolute Gasteiger partial charge is 0.338 e. The third-order valence-electron chi connectivity index (χ3n) is 6.28. The number of esters is 1. The van der Waals surface area contributed by atoms with Crippen LogP contribution in [0, 0.1) is 13.8 Å². The predicted molar refractivity (Wildman–Crippen MR) is 133 cm³/mol. The maximum absolute atomic E-state index is 13.0. The quantitative estimate of drug-likeness (QED) is 0.402. The predicted octanol–water partition coefficient (Wildman–Crippen LogP) is 4.01. The lowest BCUT2D eigenvalue weighted by molar-refractivity contribution is -0.123. The third-order valence-corrected chi connectivity index (χ3v) is 6.28. The van der Waals surface area contributed by atoms with Crippen molar-refractivity contribution in [2.24, 2.45) is 0 Å². The first-order valence-corrected chi connectivity index (χ1v) is 11.7. The van der Waals surface area contributed by atoms with Crippen molar-refractivity contribution >= 4 is 29.4 Å². The fraction of sp³-hybridized carbons (Fsp3) is 0.214. The first kappa shape index (κ1) is 24.1. The van der Waals surface area contributed by atoms with Crippen LogP contribution in [-0.2, 0) is 16.1 Å². The second-order valence-electron chi connectivity index (χ2n) is 9.00. The minimum Gasteiger partial charge on any atom is -0.454 e. The first-order valence-electron chi connectivity index (χ1n) is 11.7. The molecule has 1 unspecified atom stereocenters. The van der Waals surface area contributed by atoms with Crippen LogP contribution in [0.2, 0.25) is 0 Å². The van der Waals surface area contributed by atoms with Gasteiger partial charge in [0.05, 0.1) is 23.2 Å². The fourth-order valence-electron chi connectivity index (χ4n) is 4.25. The summed E-state index contributed by atoms with van der Waals surface area (Å²) in [4.78, 5) is 52.4. The number of carbonyl (C=O) groups is 4. The van der Waals surface area contributed by atoms with Gasteiger partial charge >= 0.3 is 5.97 Å². The van der Waals surface area contributed by atoms with Gasteiger partial charge in [0.25, 0.3) is 17.7 Å². The molecular formula is C28H24N2O7. The molecule has 2 aliphatic rings. The van der Waals surface area contributed by atoms with Gasteiger partial charge in [-0.2, -0.15) is 0 Å². The molecule has 5 rings (SSSR count). The molecule has 9 heteroatoms. The molecule has 1 N–H and O–H groups in total. The normalized spacial score (nSPS) is 14.4. The third kappa shape index (κ3) is 4.63. The van der Waals surface area contributed by atoms with E-state index in [0.29, 0.717) is 22.7 Å². The minimum atomic E-state index is -1.08. The van der Waals surface area contributed by atoms with Gasteiger partial charge in [-0.05, 0) is 68.3 Å². The van der Waals surface area contributed by atoms with Gasteiger partial charge in [0, 0.05) is 5.69 Å². The van der Waals surface area contributed by atoms with Gasteiger partial charge in [-0.1, -0.05) is 23.8 Å². The number of imide groups is 1. The molecule has 9 nitrogen and oxygen atoms in total. The molecule has 3 aromatic carbocycles. The topological polar surface area (TPSA) is 111 Å². The van der Waals surface area contributed by atoms with E-state index in [1.54, 1.807) is 24.3 Å². The number of aryl methyl sites for hydroxylation is 2. The van der Waals surface area contributed by atoms with E-state index in [0.717, 1.165) is 16.0 Å². The monoisotopic (exact) mass is 500 g/mol. The highest BCUT2D eigenvalue weighted by Crippen LogP contribution is 2.34. The Morgan fingerprint density at radius 1 is 0.946 bits per heavy atom. The van der Waals surface area contributed by atoms with E-state index in [1.165, 1.54) is 25.1 Å². The Hall–Kier alpha value is -4.66. The minimum absolute atomic E-state index is 0.0401. The second-order valence-corrected chi connectivity index (χ2v) is 9.00. The van der Waals surface area contributed by atoms with Gasteiger partial charge in [0.2, 0.25) is 6.79 Å². The Morgan fingerprint density at radius 3 is 2.49 bits per heavy atom. The van der Waals surface area contributed by atoms with Crippen LogP contribution in [0.5, 0.6) is 11.5 Å². The van der Waals surface area contributed by atoms with Gasteiger partial charge < -0.3 is 19.5 Å². The molecule has 0 spiro atoms. The molecule has 37 heavy (non-hydrogen) atoms. The van der Waals surface area contributed by atoms with E-state index >= 15 is 0 Å². The highest BCUT2D eigenvalue weighted by Gasteiger charge is 2.36. The number of benzene rings is 3. The zero-order chi connectivity index (χ0) is 26.3. The number of rotatable bonds is 6. The molecular weight excluding hydrogens is 476 g/mol. The zero-order valence-electron chi connectivity index (χ0n) is 20.5. The largest absolute Gasteiger partial charge is 0.454 e. The molecule has 1 atom stereocenters. The van der Waals surface area contributed by atoms with Crippen LogP contribution in [-0.4, -0.2) is 41.5 Å². The molecule has 188 valence electrons. The van der Waals surface area contributed by atoms with Crippen LogP contribution in [0.3, 0.4) is 0 Å². The number of anilines is 1. The molecule has 3 amide bonds. The molecule has 0 saturated carbocycles. The number of ether oxygens (including phenoxy) is 3. The number of hydrogen-bond donors (Lipinski definition) is 1. The van der Waals surface area contributed by atoms with Crippen molar-refractivity contribution in [2.75, 3.05) is 12.1 Å². The Bertz CT molecular complexity index is 1460. The van der Waals surface area contributed by atoms with E-state index in [1.807, 2.05) is 26.0 Å². The molecule has 0 saturated heterocycles. The summed E-state index contributed by atoms with van der Waals surface area (Å²) in [5.41, 5.74) is 3.64. The second kappa shape index (κ2) is 9.42. The molecule has 2 heterocycles. The van der Waals surface area contributed by atoms with Crippen molar-refractivity contribution in [1.82, 2.24) is 4.90 Å². The van der Waals surface area contributed by atoms with Crippen molar-refractivity contribution < 1.29 is 33.4 Å². The van der Waals surface area contributed by atoms with Crippen LogP contribution < -0.4 is 14.8 Å². The lowest BCUT2D eigenvalue weighted by Gasteiger charge is -2.15. The lowest BCUT2D eigenvalue weighted by atomic mass is 10.1. The molecule has 3 aromatic rings. The van der Waals surface area contributed by atoms with E-state index in [9.17, 15) is 19.2 Å². The number of nitrogens with zero attached hydrogens (tertiary/aromatic N) is 1. The van der Waals surface area contributed by atoms with Crippen LogP contribution >= 0.6 is 0 Å². The molecule has 0 aromatic heterocycles. The van der Waals surface area contributed by atoms with Crippen molar-refractivity contribution in [3.05, 3.63) is 88.0 Å². The summed E-state index contributed by atoms with van der Waals surface area (Å²) in [6.07, 6.45) is -1.08. The summed E-state index contributed by atoms with van der Waals surface area (Å²) >= 11 is 0. The Labute approximate surface area is 212 Å². The summed E-state index contributed by atoms with van der Waals surface area (Å²) in [5.74, 6) is -1.09. The van der Waals surface area contributed by atoms with Gasteiger partial charge in [0.1, 0.15) is 0 Å². The maximum Gasteiger partial charge on any atom is 0.338 e. The van der Waals surface area contributed by atoms with Crippen LogP contribution in [0.25, 0.3) is 0 Å². The summed E-state index contributed by atoms with van der Waals surface area (Å²) in [7, 11) is 0. The zero-order valence-corrected chi connectivity index (χ0v) is 20.5. The standard InChI is InChI=1S/C28H24N2O7/c1-15-4-8-22(16(2)10-15)29-25(31)17(3)37-28(34)19-6-7-20-21(12-19)27(33)30(26(20)32)13-18-5-9-23-24(11-18)36-14-35-23/h4-12,17H,13-14H2,1-3H3,(H,29,31). The average molecular weight is 501 g/mol. The number of nitrogens with one attached hydrogen (secondary N) is 1. The van der Waals surface area contributed by atoms with Gasteiger partial charge in [-0.25, -0.2) is 4.79 Å². The molecule has 2 aliphatic heterocycles. The number of fused-ring (bicyclic) bond motifs is 2. The summed E-state index contributed by atoms with van der Waals surface area (Å²) in [5, 5.41) is 2.75. The Balaban J connectivity index is 1.26. The highest BCUT2D eigenvalue weighted by atomic mass is 16.7. The average Bonchev–Trinajstić information content (AvgIpc) is 3.43. The maximum atomic E-state index is 13.0. The van der Waals surface area contributed by atoms with Crippen LogP contribution in [0.4, 0.5) is 5.69 Å². The van der Waals surface area contributed by atoms with Gasteiger partial charge in [-0.15, -0.1) is 0 Å². The van der Waals surface area contributed by atoms with Crippen molar-refractivity contribution in [2.45, 2.75) is 33.4 Å². The Kier molecular flexibility index (Phi) is 6.12. The summed E-state index contributed by atoms with van der Waals surface area (Å²) in [6.45, 7) is 5.45.